The van der Waals surface area contributed by atoms with E-state index in [1.165, 1.54) is 0 Å². The minimum absolute atomic E-state index is 0.379. The molecule has 2 nitrogen and oxygen atoms in total. The van der Waals surface area contributed by atoms with Gasteiger partial charge in [-0.15, -0.1) is 0 Å². The van der Waals surface area contributed by atoms with Gasteiger partial charge >= 0.3 is 0 Å². The van der Waals surface area contributed by atoms with Gasteiger partial charge in [0.1, 0.15) is 0 Å². The Labute approximate surface area is 123 Å². The van der Waals surface area contributed by atoms with Gasteiger partial charge in [0.2, 0.25) is 5.52 Å². The fourth-order valence-electron chi connectivity index (χ4n) is 2.08. The summed E-state index contributed by atoms with van der Waals surface area (Å²) in [5.74, 6) is 0. The topological polar surface area (TPSA) is 34.1 Å². The SMILES string of the molecule is Cc1ccc(C(=O)P(=O)(Cl)c2ccccc2)c(C)c1C. The van der Waals surface area contributed by atoms with Gasteiger partial charge in [-0.3, -0.25) is 9.36 Å². The summed E-state index contributed by atoms with van der Waals surface area (Å²) < 4.78 is 12.7. The molecule has 104 valence electrons. The molecule has 0 heterocycles. The Bertz CT molecular complexity index is 708. The van der Waals surface area contributed by atoms with Crippen LogP contribution in [0.5, 0.6) is 0 Å². The lowest BCUT2D eigenvalue weighted by Crippen LogP contribution is -2.11. The van der Waals surface area contributed by atoms with E-state index < -0.39 is 12.0 Å². The molecule has 0 aromatic heterocycles. The van der Waals surface area contributed by atoms with Crippen LogP contribution in [0.4, 0.5) is 0 Å². The Balaban J connectivity index is 2.52. The molecule has 0 saturated carbocycles. The zero-order valence-corrected chi connectivity index (χ0v) is 13.3. The molecule has 1 atom stereocenters. The van der Waals surface area contributed by atoms with Gasteiger partial charge in [-0.25, -0.2) is 0 Å². The van der Waals surface area contributed by atoms with E-state index >= 15 is 0 Å². The first kappa shape index (κ1) is 15.0. The van der Waals surface area contributed by atoms with Crippen LogP contribution in [-0.2, 0) is 4.57 Å². The standard InChI is InChI=1S/C16H16ClO2P/c1-11-9-10-15(13(3)12(11)2)16(18)20(17,19)14-7-5-4-6-8-14/h4-10H,1-3H3. The molecule has 0 fully saturated rings. The lowest BCUT2D eigenvalue weighted by molar-refractivity contribution is 0.107. The van der Waals surface area contributed by atoms with Crippen molar-refractivity contribution in [1.82, 2.24) is 0 Å². The summed E-state index contributed by atoms with van der Waals surface area (Å²) in [5, 5.41) is 0.379. The first-order chi connectivity index (χ1) is 9.35. The summed E-state index contributed by atoms with van der Waals surface area (Å²) in [5.41, 5.74) is 2.91. The van der Waals surface area contributed by atoms with E-state index in [9.17, 15) is 9.36 Å². The predicted octanol–water partition coefficient (Wildman–Crippen LogP) is 4.59. The van der Waals surface area contributed by atoms with Gasteiger partial charge in [-0.05, 0) is 60.8 Å². The fraction of sp³-hybridized carbons (Fsp3) is 0.188. The van der Waals surface area contributed by atoms with Crippen molar-refractivity contribution in [3.63, 3.8) is 0 Å². The number of hydrogen-bond acceptors (Lipinski definition) is 2. The molecule has 0 bridgehead atoms. The number of aryl methyl sites for hydroxylation is 1. The molecule has 0 saturated heterocycles. The van der Waals surface area contributed by atoms with Crippen LogP contribution < -0.4 is 5.30 Å². The third-order valence-corrected chi connectivity index (χ3v) is 6.41. The molecule has 0 aliphatic heterocycles. The minimum Gasteiger partial charge on any atom is -0.293 e. The molecule has 0 amide bonds. The van der Waals surface area contributed by atoms with Crippen LogP contribution in [-0.4, -0.2) is 5.52 Å². The maximum atomic E-state index is 12.7. The smallest absolute Gasteiger partial charge is 0.264 e. The summed E-state index contributed by atoms with van der Waals surface area (Å²) in [4.78, 5) is 12.6. The Morgan fingerprint density at radius 2 is 1.55 bits per heavy atom. The number of benzene rings is 2. The Morgan fingerprint density at radius 1 is 0.950 bits per heavy atom. The van der Waals surface area contributed by atoms with Crippen molar-refractivity contribution in [2.24, 2.45) is 0 Å². The van der Waals surface area contributed by atoms with Crippen molar-refractivity contribution in [2.75, 3.05) is 0 Å². The molecule has 4 heteroatoms. The van der Waals surface area contributed by atoms with Gasteiger partial charge in [0.05, 0.1) is 0 Å². The van der Waals surface area contributed by atoms with Crippen LogP contribution in [0.2, 0.25) is 0 Å². The summed E-state index contributed by atoms with van der Waals surface area (Å²) in [7, 11) is 0. The van der Waals surface area contributed by atoms with Crippen molar-refractivity contribution in [3.05, 3.63) is 64.7 Å². The van der Waals surface area contributed by atoms with E-state index in [2.05, 4.69) is 0 Å². The van der Waals surface area contributed by atoms with Gasteiger partial charge < -0.3 is 0 Å². The quantitative estimate of drug-likeness (QED) is 0.777. The maximum Gasteiger partial charge on any atom is 0.264 e. The third-order valence-electron chi connectivity index (χ3n) is 3.64. The van der Waals surface area contributed by atoms with E-state index in [4.69, 9.17) is 11.2 Å². The zero-order chi connectivity index (χ0) is 14.9. The van der Waals surface area contributed by atoms with E-state index in [-0.39, 0.29) is 0 Å². The van der Waals surface area contributed by atoms with Crippen molar-refractivity contribution >= 4 is 28.6 Å². The van der Waals surface area contributed by atoms with E-state index in [0.29, 0.717) is 10.9 Å². The first-order valence-electron chi connectivity index (χ1n) is 6.32. The van der Waals surface area contributed by atoms with Gasteiger partial charge in [0.25, 0.3) is 6.49 Å². The van der Waals surface area contributed by atoms with E-state index in [0.717, 1.165) is 16.7 Å². The van der Waals surface area contributed by atoms with Gasteiger partial charge in [-0.2, -0.15) is 0 Å². The van der Waals surface area contributed by atoms with Gasteiger partial charge in [-0.1, -0.05) is 30.3 Å². The monoisotopic (exact) mass is 306 g/mol. The molecule has 2 aromatic carbocycles. The average Bonchev–Trinajstić information content (AvgIpc) is 2.45. The highest BCUT2D eigenvalue weighted by molar-refractivity contribution is 8.07. The third kappa shape index (κ3) is 2.59. The molecule has 2 rings (SSSR count). The zero-order valence-electron chi connectivity index (χ0n) is 11.7. The number of halogens is 1. The van der Waals surface area contributed by atoms with Crippen LogP contribution >= 0.6 is 17.7 Å². The molecule has 0 aliphatic carbocycles. The fourth-order valence-corrected chi connectivity index (χ4v) is 4.03. The average molecular weight is 307 g/mol. The second-order valence-electron chi connectivity index (χ2n) is 4.85. The lowest BCUT2D eigenvalue weighted by atomic mass is 10.00. The van der Waals surface area contributed by atoms with Crippen molar-refractivity contribution < 1.29 is 9.36 Å². The largest absolute Gasteiger partial charge is 0.293 e. The van der Waals surface area contributed by atoms with Crippen molar-refractivity contribution in [3.8, 4) is 0 Å². The number of carbonyl (C=O) groups excluding carboxylic acids is 1. The molecule has 0 spiro atoms. The minimum atomic E-state index is -3.59. The van der Waals surface area contributed by atoms with Gasteiger partial charge in [0.15, 0.2) is 0 Å². The summed E-state index contributed by atoms with van der Waals surface area (Å²) in [6.07, 6.45) is 0. The van der Waals surface area contributed by atoms with Crippen LogP contribution in [0.15, 0.2) is 42.5 Å². The highest BCUT2D eigenvalue weighted by Crippen LogP contribution is 2.53. The number of carbonyl (C=O) groups is 1. The summed E-state index contributed by atoms with van der Waals surface area (Å²) >= 11 is 6.12. The van der Waals surface area contributed by atoms with E-state index in [1.54, 1.807) is 36.4 Å². The molecule has 0 N–H and O–H groups in total. The van der Waals surface area contributed by atoms with Crippen molar-refractivity contribution in [1.29, 1.82) is 0 Å². The molecule has 0 radical (unpaired) electrons. The summed E-state index contributed by atoms with van der Waals surface area (Å²) in [6.45, 7) is 2.20. The highest BCUT2D eigenvalue weighted by Gasteiger charge is 2.33. The second kappa shape index (κ2) is 5.55. The number of hydrogen-bond donors (Lipinski definition) is 0. The second-order valence-corrected chi connectivity index (χ2v) is 8.27. The normalized spacial score (nSPS) is 13.8. The molecular formula is C16H16ClO2P. The first-order valence-corrected chi connectivity index (χ1v) is 8.94. The summed E-state index contributed by atoms with van der Waals surface area (Å²) in [6, 6.07) is 12.1. The van der Waals surface area contributed by atoms with E-state index in [1.807, 2.05) is 26.8 Å². The highest BCUT2D eigenvalue weighted by atomic mass is 35.7. The molecule has 20 heavy (non-hydrogen) atoms. The lowest BCUT2D eigenvalue weighted by Gasteiger charge is -2.14. The Kier molecular flexibility index (Phi) is 4.17. The van der Waals surface area contributed by atoms with Crippen LogP contribution in [0.25, 0.3) is 0 Å². The molecule has 2 aromatic rings. The molecule has 0 aliphatic rings. The van der Waals surface area contributed by atoms with Crippen LogP contribution in [0, 0.1) is 20.8 Å². The molecular weight excluding hydrogens is 291 g/mol. The van der Waals surface area contributed by atoms with Crippen LogP contribution in [0.1, 0.15) is 27.0 Å². The van der Waals surface area contributed by atoms with Gasteiger partial charge in [0, 0.05) is 10.9 Å². The Hall–Kier alpha value is -1.37. The maximum absolute atomic E-state index is 12.7. The number of rotatable bonds is 3. The molecule has 1 unspecified atom stereocenters. The Morgan fingerprint density at radius 3 is 2.15 bits per heavy atom. The van der Waals surface area contributed by atoms with Crippen molar-refractivity contribution in [2.45, 2.75) is 20.8 Å². The predicted molar refractivity (Wildman–Crippen MR) is 84.5 cm³/mol. The van der Waals surface area contributed by atoms with Crippen LogP contribution in [0.3, 0.4) is 0 Å².